The molecule has 0 atom stereocenters. The van der Waals surface area contributed by atoms with E-state index < -0.39 is 23.6 Å². The molecule has 0 unspecified atom stereocenters. The van der Waals surface area contributed by atoms with Crippen molar-refractivity contribution in [2.24, 2.45) is 0 Å². The van der Waals surface area contributed by atoms with Crippen molar-refractivity contribution in [1.82, 2.24) is 9.78 Å². The first-order valence-corrected chi connectivity index (χ1v) is 9.33. The quantitative estimate of drug-likeness (QED) is 0.276. The molecule has 0 saturated carbocycles. The second-order valence-corrected chi connectivity index (χ2v) is 7.07. The van der Waals surface area contributed by atoms with Gasteiger partial charge in [0.25, 0.3) is 0 Å². The molecule has 0 radical (unpaired) electrons. The van der Waals surface area contributed by atoms with Gasteiger partial charge in [-0.25, -0.2) is 4.68 Å². The Labute approximate surface area is 178 Å². The van der Waals surface area contributed by atoms with E-state index in [2.05, 4.69) is 5.10 Å². The fourth-order valence-corrected chi connectivity index (χ4v) is 3.22. The van der Waals surface area contributed by atoms with Gasteiger partial charge in [-0.1, -0.05) is 36.4 Å². The van der Waals surface area contributed by atoms with E-state index in [0.717, 1.165) is 18.2 Å². The Morgan fingerprint density at radius 2 is 1.12 bits per heavy atom. The zero-order chi connectivity index (χ0) is 23.1. The van der Waals surface area contributed by atoms with Gasteiger partial charge in [0, 0.05) is 11.3 Å². The van der Waals surface area contributed by atoms with Crippen LogP contribution >= 0.6 is 0 Å². The molecular formula is C23H15F6N3. The zero-order valence-corrected chi connectivity index (χ0v) is 16.2. The average molecular weight is 447 g/mol. The van der Waals surface area contributed by atoms with Crippen molar-refractivity contribution in [1.29, 1.82) is 0 Å². The number of hydrogen-bond acceptors (Lipinski definition) is 2. The summed E-state index contributed by atoms with van der Waals surface area (Å²) in [4.78, 5) is 0. The van der Waals surface area contributed by atoms with Gasteiger partial charge in [-0.3, -0.25) is 0 Å². The van der Waals surface area contributed by atoms with Crippen molar-refractivity contribution >= 4 is 5.69 Å². The minimum atomic E-state index is -4.63. The van der Waals surface area contributed by atoms with E-state index in [0.29, 0.717) is 28.1 Å². The Balaban J connectivity index is 1.72. The maximum atomic E-state index is 13.3. The molecule has 1 aromatic heterocycles. The number of benzene rings is 3. The average Bonchev–Trinajstić information content (AvgIpc) is 3.20. The summed E-state index contributed by atoms with van der Waals surface area (Å²) in [5, 5.41) is 3.72. The minimum Gasteiger partial charge on any atom is -0.399 e. The first-order valence-electron chi connectivity index (χ1n) is 9.33. The second-order valence-electron chi connectivity index (χ2n) is 7.07. The highest BCUT2D eigenvalue weighted by atomic mass is 19.4. The van der Waals surface area contributed by atoms with Crippen LogP contribution in [0.5, 0.6) is 0 Å². The van der Waals surface area contributed by atoms with Crippen LogP contribution in [0.3, 0.4) is 0 Å². The monoisotopic (exact) mass is 447 g/mol. The summed E-state index contributed by atoms with van der Waals surface area (Å²) in [6, 6.07) is 18.3. The van der Waals surface area contributed by atoms with Crippen molar-refractivity contribution in [3.63, 3.8) is 0 Å². The number of rotatable bonds is 3. The standard InChI is InChI=1S/C23H15F6N3/c24-22(25,26)17-7-5-15(6-8-17)14-1-3-16(4-2-14)20-13-21(23(27,28)29)31-32(20)19-11-9-18(30)10-12-19/h1-13H,30H2. The molecule has 3 aromatic carbocycles. The van der Waals surface area contributed by atoms with Crippen LogP contribution in [0.4, 0.5) is 32.0 Å². The maximum Gasteiger partial charge on any atom is 0.435 e. The highest BCUT2D eigenvalue weighted by Crippen LogP contribution is 2.35. The predicted octanol–water partition coefficient (Wildman–Crippen LogP) is 6.83. The third kappa shape index (κ3) is 4.32. The molecule has 0 amide bonds. The Morgan fingerprint density at radius 3 is 1.62 bits per heavy atom. The van der Waals surface area contributed by atoms with Gasteiger partial charge >= 0.3 is 12.4 Å². The Kier molecular flexibility index (Phi) is 5.20. The lowest BCUT2D eigenvalue weighted by Crippen LogP contribution is -2.07. The van der Waals surface area contributed by atoms with Crippen molar-refractivity contribution in [2.45, 2.75) is 12.4 Å². The number of hydrogen-bond donors (Lipinski definition) is 1. The van der Waals surface area contributed by atoms with E-state index in [4.69, 9.17) is 5.73 Å². The molecule has 3 nitrogen and oxygen atoms in total. The molecule has 4 aromatic rings. The Morgan fingerprint density at radius 1 is 0.625 bits per heavy atom. The first-order chi connectivity index (χ1) is 15.0. The lowest BCUT2D eigenvalue weighted by molar-refractivity contribution is -0.141. The second kappa shape index (κ2) is 7.74. The van der Waals surface area contributed by atoms with E-state index in [1.54, 1.807) is 48.5 Å². The normalized spacial score (nSPS) is 12.2. The van der Waals surface area contributed by atoms with E-state index in [9.17, 15) is 26.3 Å². The largest absolute Gasteiger partial charge is 0.435 e. The van der Waals surface area contributed by atoms with E-state index in [-0.39, 0.29) is 5.69 Å². The zero-order valence-electron chi connectivity index (χ0n) is 16.2. The van der Waals surface area contributed by atoms with Gasteiger partial charge in [0.1, 0.15) is 0 Å². The third-order valence-electron chi connectivity index (χ3n) is 4.86. The van der Waals surface area contributed by atoms with Crippen LogP contribution in [0.25, 0.3) is 28.1 Å². The van der Waals surface area contributed by atoms with Crippen molar-refractivity contribution < 1.29 is 26.3 Å². The van der Waals surface area contributed by atoms with Crippen LogP contribution in [0.15, 0.2) is 78.9 Å². The van der Waals surface area contributed by atoms with Gasteiger partial charge in [0.05, 0.1) is 16.9 Å². The number of nitrogens with zero attached hydrogens (tertiary/aromatic N) is 2. The molecule has 0 aliphatic carbocycles. The van der Waals surface area contributed by atoms with Crippen LogP contribution in [-0.2, 0) is 12.4 Å². The Hall–Kier alpha value is -3.75. The maximum absolute atomic E-state index is 13.3. The third-order valence-corrected chi connectivity index (χ3v) is 4.86. The van der Waals surface area contributed by atoms with Crippen LogP contribution in [0.2, 0.25) is 0 Å². The molecule has 0 aliphatic rings. The van der Waals surface area contributed by atoms with E-state index in [1.807, 2.05) is 0 Å². The lowest BCUT2D eigenvalue weighted by Gasteiger charge is -2.10. The van der Waals surface area contributed by atoms with Gasteiger partial charge in [-0.05, 0) is 53.6 Å². The van der Waals surface area contributed by atoms with Crippen molar-refractivity contribution in [3.05, 3.63) is 90.1 Å². The molecule has 32 heavy (non-hydrogen) atoms. The summed E-state index contributed by atoms with van der Waals surface area (Å²) in [5.74, 6) is 0. The summed E-state index contributed by atoms with van der Waals surface area (Å²) >= 11 is 0. The first kappa shape index (κ1) is 21.5. The van der Waals surface area contributed by atoms with Crippen molar-refractivity contribution in [2.75, 3.05) is 5.73 Å². The van der Waals surface area contributed by atoms with Gasteiger partial charge in [0.15, 0.2) is 5.69 Å². The van der Waals surface area contributed by atoms with Gasteiger partial charge in [-0.15, -0.1) is 0 Å². The molecule has 9 heteroatoms. The summed E-state index contributed by atoms with van der Waals surface area (Å²) in [7, 11) is 0. The van der Waals surface area contributed by atoms with E-state index in [1.165, 1.54) is 16.8 Å². The molecular weight excluding hydrogens is 432 g/mol. The summed E-state index contributed by atoms with van der Waals surface area (Å²) in [5.41, 5.74) is 6.55. The molecule has 4 rings (SSSR count). The number of nitrogens with two attached hydrogens (primary N) is 1. The minimum absolute atomic E-state index is 0.209. The fraction of sp³-hybridized carbons (Fsp3) is 0.0870. The molecule has 1 heterocycles. The van der Waals surface area contributed by atoms with Crippen LogP contribution in [-0.4, -0.2) is 9.78 Å². The van der Waals surface area contributed by atoms with Gasteiger partial charge in [0.2, 0.25) is 0 Å². The number of halogens is 6. The molecule has 2 N–H and O–H groups in total. The topological polar surface area (TPSA) is 43.8 Å². The summed E-state index contributed by atoms with van der Waals surface area (Å²) in [6.45, 7) is 0. The SMILES string of the molecule is Nc1ccc(-n2nc(C(F)(F)F)cc2-c2ccc(-c3ccc(C(F)(F)F)cc3)cc2)cc1. The summed E-state index contributed by atoms with van der Waals surface area (Å²) in [6.07, 6.45) is -9.06. The molecule has 0 fully saturated rings. The number of alkyl halides is 6. The fourth-order valence-electron chi connectivity index (χ4n) is 3.22. The Bertz CT molecular complexity index is 1220. The van der Waals surface area contributed by atoms with Gasteiger partial charge < -0.3 is 5.73 Å². The molecule has 0 saturated heterocycles. The predicted molar refractivity (Wildman–Crippen MR) is 109 cm³/mol. The number of nitrogen functional groups attached to an aromatic ring is 1. The smallest absolute Gasteiger partial charge is 0.399 e. The number of anilines is 1. The van der Waals surface area contributed by atoms with Crippen molar-refractivity contribution in [3.8, 4) is 28.1 Å². The van der Waals surface area contributed by atoms with Crippen LogP contribution < -0.4 is 5.73 Å². The highest BCUT2D eigenvalue weighted by Gasteiger charge is 2.35. The highest BCUT2D eigenvalue weighted by molar-refractivity contribution is 5.70. The van der Waals surface area contributed by atoms with Crippen LogP contribution in [0, 0.1) is 0 Å². The van der Waals surface area contributed by atoms with Crippen LogP contribution in [0.1, 0.15) is 11.3 Å². The van der Waals surface area contributed by atoms with Gasteiger partial charge in [-0.2, -0.15) is 31.4 Å². The molecule has 164 valence electrons. The molecule has 0 bridgehead atoms. The summed E-state index contributed by atoms with van der Waals surface area (Å²) < 4.78 is 79.3. The lowest BCUT2D eigenvalue weighted by atomic mass is 10.0. The number of aromatic nitrogens is 2. The molecule has 0 spiro atoms. The van der Waals surface area contributed by atoms with E-state index >= 15 is 0 Å². The molecule has 0 aliphatic heterocycles.